The molecule has 0 saturated heterocycles. The molecule has 0 atom stereocenters. The van der Waals surface area contributed by atoms with E-state index < -0.39 is 33.6 Å². The van der Waals surface area contributed by atoms with E-state index in [4.69, 9.17) is 5.73 Å². The largest absolute Gasteiger partial charge is 0.384 e. The topological polar surface area (TPSA) is 127 Å². The molecular weight excluding hydrogens is 416 g/mol. The fourth-order valence-electron chi connectivity index (χ4n) is 3.37. The van der Waals surface area contributed by atoms with Gasteiger partial charge in [-0.2, -0.15) is 0 Å². The molecule has 11 heteroatoms. The van der Waals surface area contributed by atoms with Gasteiger partial charge in [-0.05, 0) is 49.9 Å². The smallest absolute Gasteiger partial charge is 0.319 e. The summed E-state index contributed by atoms with van der Waals surface area (Å²) in [6, 6.07) is 7.19. The van der Waals surface area contributed by atoms with E-state index in [1.54, 1.807) is 24.3 Å². The number of halogens is 2. The summed E-state index contributed by atoms with van der Waals surface area (Å²) in [5.41, 5.74) is 7.34. The van der Waals surface area contributed by atoms with Gasteiger partial charge >= 0.3 is 6.03 Å². The van der Waals surface area contributed by atoms with E-state index in [1.165, 1.54) is 6.07 Å². The van der Waals surface area contributed by atoms with Crippen molar-refractivity contribution in [1.82, 2.24) is 15.3 Å². The average Bonchev–Trinajstić information content (AvgIpc) is 3.59. The van der Waals surface area contributed by atoms with E-state index in [-0.39, 0.29) is 16.9 Å². The zero-order valence-electron chi connectivity index (χ0n) is 15.9. The van der Waals surface area contributed by atoms with Crippen molar-refractivity contribution in [2.45, 2.75) is 42.1 Å². The molecule has 0 bridgehead atoms. The van der Waals surface area contributed by atoms with E-state index in [0.29, 0.717) is 42.6 Å². The summed E-state index contributed by atoms with van der Waals surface area (Å²) in [5.74, 6) is 0.469. The molecule has 2 saturated carbocycles. The second-order valence-electron chi connectivity index (χ2n) is 7.54. The highest BCUT2D eigenvalue weighted by molar-refractivity contribution is 7.93. The number of alkyl halides is 2. The fourth-order valence-corrected chi connectivity index (χ4v) is 5.84. The van der Waals surface area contributed by atoms with Crippen molar-refractivity contribution in [2.75, 3.05) is 17.6 Å². The molecule has 0 spiro atoms. The number of urea groups is 1. The number of nitrogens with two attached hydrogens (primary N) is 1. The normalized spacial score (nSPS) is 17.6. The van der Waals surface area contributed by atoms with Gasteiger partial charge in [0.15, 0.2) is 15.7 Å². The summed E-state index contributed by atoms with van der Waals surface area (Å²) in [6.45, 7) is -0.741. The van der Waals surface area contributed by atoms with Gasteiger partial charge in [0.1, 0.15) is 10.6 Å². The van der Waals surface area contributed by atoms with Gasteiger partial charge in [-0.3, -0.25) is 0 Å². The van der Waals surface area contributed by atoms with Crippen LogP contribution in [-0.2, 0) is 14.6 Å². The van der Waals surface area contributed by atoms with Crippen molar-refractivity contribution < 1.29 is 22.0 Å². The van der Waals surface area contributed by atoms with Crippen molar-refractivity contribution in [1.29, 1.82) is 0 Å². The number of carbonyl (C=O) groups is 1. The Balaban J connectivity index is 1.54. The fraction of sp³-hybridized carbons (Fsp3) is 0.421. The van der Waals surface area contributed by atoms with Gasteiger partial charge in [-0.15, -0.1) is 0 Å². The van der Waals surface area contributed by atoms with Crippen LogP contribution in [0.1, 0.15) is 31.4 Å². The number of nitrogen functional groups attached to an aromatic ring is 1. The Bertz CT molecular complexity index is 1070. The number of hydrogen-bond acceptors (Lipinski definition) is 6. The zero-order valence-corrected chi connectivity index (χ0v) is 16.8. The van der Waals surface area contributed by atoms with Gasteiger partial charge in [0.2, 0.25) is 0 Å². The maximum Gasteiger partial charge on any atom is 0.319 e. The number of benzene rings is 1. The quantitative estimate of drug-likeness (QED) is 0.611. The van der Waals surface area contributed by atoms with Gasteiger partial charge in [0.05, 0.1) is 17.5 Å². The van der Waals surface area contributed by atoms with Crippen LogP contribution in [0.4, 0.5) is 25.1 Å². The minimum absolute atomic E-state index is 0.181. The third kappa shape index (κ3) is 3.93. The number of rotatable bonds is 7. The van der Waals surface area contributed by atoms with E-state index in [9.17, 15) is 22.0 Å². The van der Waals surface area contributed by atoms with Crippen LogP contribution in [0, 0.1) is 0 Å². The molecule has 1 aromatic carbocycles. The molecule has 30 heavy (non-hydrogen) atoms. The summed E-state index contributed by atoms with van der Waals surface area (Å²) in [6.07, 6.45) is -0.198. The maximum atomic E-state index is 12.9. The molecule has 0 aliphatic heterocycles. The van der Waals surface area contributed by atoms with Gasteiger partial charge in [0, 0.05) is 17.3 Å². The first-order valence-corrected chi connectivity index (χ1v) is 11.1. The van der Waals surface area contributed by atoms with Crippen LogP contribution in [0.2, 0.25) is 0 Å². The molecule has 0 unspecified atom stereocenters. The molecule has 8 nitrogen and oxygen atoms in total. The monoisotopic (exact) mass is 437 g/mol. The van der Waals surface area contributed by atoms with Crippen LogP contribution in [-0.4, -0.2) is 42.6 Å². The van der Waals surface area contributed by atoms with E-state index in [2.05, 4.69) is 15.3 Å². The molecular formula is C19H21F2N5O3S. The first-order valence-electron chi connectivity index (χ1n) is 9.53. The third-order valence-corrected chi connectivity index (χ3v) is 8.30. The maximum absolute atomic E-state index is 12.9. The van der Waals surface area contributed by atoms with Crippen molar-refractivity contribution in [3.05, 3.63) is 36.0 Å². The van der Waals surface area contributed by atoms with Gasteiger partial charge in [0.25, 0.3) is 6.43 Å². The van der Waals surface area contributed by atoms with Crippen LogP contribution in [0.5, 0.6) is 0 Å². The molecule has 2 aliphatic rings. The second kappa shape index (κ2) is 7.46. The van der Waals surface area contributed by atoms with Crippen molar-refractivity contribution in [3.63, 3.8) is 0 Å². The lowest BCUT2D eigenvalue weighted by atomic mass is 10.1. The van der Waals surface area contributed by atoms with E-state index in [0.717, 1.165) is 0 Å². The van der Waals surface area contributed by atoms with Crippen LogP contribution in [0.25, 0.3) is 11.4 Å². The molecule has 2 fully saturated rings. The van der Waals surface area contributed by atoms with Crippen LogP contribution >= 0.6 is 0 Å². The Hall–Kier alpha value is -2.82. The number of carbonyl (C=O) groups excluding carboxylic acids is 1. The molecule has 0 radical (unpaired) electrons. The number of hydrogen-bond donors (Lipinski definition) is 3. The van der Waals surface area contributed by atoms with Gasteiger partial charge in [-0.25, -0.2) is 32.0 Å². The van der Waals surface area contributed by atoms with Crippen LogP contribution in [0.3, 0.4) is 0 Å². The second-order valence-corrected chi connectivity index (χ2v) is 10.1. The van der Waals surface area contributed by atoms with Gasteiger partial charge < -0.3 is 16.4 Å². The first-order chi connectivity index (χ1) is 14.2. The standard InChI is InChI=1S/C19H21F2N5O3S/c20-15(21)10-23-18(27)24-12-3-1-11(2-4-12)17-25-14(9-16(22)26-17)19(7-8-19)30(28,29)13-5-6-13/h1-4,9,13,15H,5-8,10H2,(H2,22,25,26)(H2,23,24,27). The summed E-state index contributed by atoms with van der Waals surface area (Å²) in [4.78, 5) is 20.3. The molecule has 4 N–H and O–H groups in total. The molecule has 1 aromatic heterocycles. The lowest BCUT2D eigenvalue weighted by molar-refractivity contribution is 0.148. The molecule has 2 amide bonds. The Morgan fingerprint density at radius 2 is 1.87 bits per heavy atom. The number of nitrogens with one attached hydrogen (secondary N) is 2. The van der Waals surface area contributed by atoms with Gasteiger partial charge in [-0.1, -0.05) is 0 Å². The number of amides is 2. The highest BCUT2D eigenvalue weighted by atomic mass is 32.2. The Labute approximate surface area is 172 Å². The minimum Gasteiger partial charge on any atom is -0.384 e. The van der Waals surface area contributed by atoms with E-state index >= 15 is 0 Å². The molecule has 4 rings (SSSR count). The first kappa shape index (κ1) is 20.5. The summed E-state index contributed by atoms with van der Waals surface area (Å²) < 4.78 is 49.1. The Morgan fingerprint density at radius 3 is 2.43 bits per heavy atom. The van der Waals surface area contributed by atoms with Crippen molar-refractivity contribution in [2.24, 2.45) is 0 Å². The molecule has 1 heterocycles. The lowest BCUT2D eigenvalue weighted by Crippen LogP contribution is -2.32. The molecule has 2 aromatic rings. The Morgan fingerprint density at radius 1 is 1.20 bits per heavy atom. The molecule has 2 aliphatic carbocycles. The van der Waals surface area contributed by atoms with Crippen molar-refractivity contribution in [3.8, 4) is 11.4 Å². The van der Waals surface area contributed by atoms with Crippen LogP contribution in [0.15, 0.2) is 30.3 Å². The molecule has 160 valence electrons. The number of aromatic nitrogens is 2. The highest BCUT2D eigenvalue weighted by Crippen LogP contribution is 2.57. The van der Waals surface area contributed by atoms with Crippen LogP contribution < -0.4 is 16.4 Å². The lowest BCUT2D eigenvalue weighted by Gasteiger charge is -2.17. The predicted octanol–water partition coefficient (Wildman–Crippen LogP) is 2.68. The average molecular weight is 437 g/mol. The number of anilines is 2. The third-order valence-electron chi connectivity index (χ3n) is 5.24. The number of sulfone groups is 1. The summed E-state index contributed by atoms with van der Waals surface area (Å²) in [5, 5.41) is 4.20. The van der Waals surface area contributed by atoms with E-state index in [1.807, 2.05) is 5.32 Å². The summed E-state index contributed by atoms with van der Waals surface area (Å²) in [7, 11) is -3.31. The van der Waals surface area contributed by atoms with Crippen molar-refractivity contribution >= 4 is 27.4 Å². The zero-order chi connectivity index (χ0) is 21.5. The Kier molecular flexibility index (Phi) is 5.08. The summed E-state index contributed by atoms with van der Waals surface area (Å²) >= 11 is 0. The number of nitrogens with zero attached hydrogens (tertiary/aromatic N) is 2. The minimum atomic E-state index is -3.31. The highest BCUT2D eigenvalue weighted by Gasteiger charge is 2.61. The predicted molar refractivity (Wildman–Crippen MR) is 108 cm³/mol. The SMILES string of the molecule is Nc1cc(C2(S(=O)(=O)C3CC3)CC2)nc(-c2ccc(NC(=O)NCC(F)F)cc2)n1.